The fourth-order valence-electron chi connectivity index (χ4n) is 1.95. The quantitative estimate of drug-likeness (QED) is 0.817. The Morgan fingerprint density at radius 1 is 1.40 bits per heavy atom. The third kappa shape index (κ3) is 2.23. The van der Waals surface area contributed by atoms with Gasteiger partial charge < -0.3 is 5.32 Å². The molecule has 0 aliphatic heterocycles. The van der Waals surface area contributed by atoms with Gasteiger partial charge in [-0.25, -0.2) is 0 Å². The van der Waals surface area contributed by atoms with E-state index >= 15 is 0 Å². The van der Waals surface area contributed by atoms with E-state index < -0.39 is 0 Å². The summed E-state index contributed by atoms with van der Waals surface area (Å²) in [6.45, 7) is 8.67. The van der Waals surface area contributed by atoms with Gasteiger partial charge in [0.2, 0.25) is 0 Å². The molecule has 0 aromatic carbocycles. The number of aromatic nitrogens is 2. The number of rotatable bonds is 4. The summed E-state index contributed by atoms with van der Waals surface area (Å²) in [5, 5.41) is 7.96. The highest BCUT2D eigenvalue weighted by Gasteiger charge is 2.36. The Kier molecular flexibility index (Phi) is 2.59. The monoisotopic (exact) mass is 207 g/mol. The van der Waals surface area contributed by atoms with Crippen molar-refractivity contribution in [3.63, 3.8) is 0 Å². The highest BCUT2D eigenvalue weighted by Crippen LogP contribution is 2.44. The predicted molar refractivity (Wildman–Crippen MR) is 61.7 cm³/mol. The molecule has 0 spiro atoms. The zero-order valence-electron chi connectivity index (χ0n) is 10.2. The normalized spacial score (nSPS) is 18.1. The molecule has 1 aromatic rings. The first-order chi connectivity index (χ1) is 7.02. The molecule has 3 nitrogen and oxygen atoms in total. The van der Waals surface area contributed by atoms with Crippen LogP contribution in [0.3, 0.4) is 0 Å². The predicted octanol–water partition coefficient (Wildman–Crippen LogP) is 1.93. The van der Waals surface area contributed by atoms with Crippen molar-refractivity contribution in [1.29, 1.82) is 0 Å². The Morgan fingerprint density at radius 2 is 2.07 bits per heavy atom. The van der Waals surface area contributed by atoms with E-state index in [4.69, 9.17) is 0 Å². The SMILES string of the molecule is Cc1nn(C)c(C)c1CNCC1(C)CC1. The Bertz CT molecular complexity index is 361. The molecule has 0 radical (unpaired) electrons. The van der Waals surface area contributed by atoms with Crippen LogP contribution in [0.1, 0.15) is 36.7 Å². The number of hydrogen-bond acceptors (Lipinski definition) is 2. The third-order valence-corrected chi connectivity index (χ3v) is 3.62. The fraction of sp³-hybridized carbons (Fsp3) is 0.750. The van der Waals surface area contributed by atoms with Crippen LogP contribution >= 0.6 is 0 Å². The summed E-state index contributed by atoms with van der Waals surface area (Å²) in [4.78, 5) is 0. The van der Waals surface area contributed by atoms with Crippen LogP contribution in [0.4, 0.5) is 0 Å². The first-order valence-electron chi connectivity index (χ1n) is 5.72. The second-order valence-electron chi connectivity index (χ2n) is 5.19. The Morgan fingerprint density at radius 3 is 2.53 bits per heavy atom. The van der Waals surface area contributed by atoms with Crippen molar-refractivity contribution in [3.8, 4) is 0 Å². The van der Waals surface area contributed by atoms with Crippen molar-refractivity contribution in [2.45, 2.75) is 40.2 Å². The first-order valence-corrected chi connectivity index (χ1v) is 5.72. The Hall–Kier alpha value is -0.830. The minimum Gasteiger partial charge on any atom is -0.312 e. The van der Waals surface area contributed by atoms with Gasteiger partial charge in [-0.15, -0.1) is 0 Å². The molecule has 0 saturated heterocycles. The highest BCUT2D eigenvalue weighted by atomic mass is 15.3. The molecular formula is C12H21N3. The van der Waals surface area contributed by atoms with E-state index in [2.05, 4.69) is 31.2 Å². The molecule has 3 heteroatoms. The van der Waals surface area contributed by atoms with Gasteiger partial charge in [0.1, 0.15) is 0 Å². The molecule has 0 atom stereocenters. The minimum absolute atomic E-state index is 0.587. The van der Waals surface area contributed by atoms with Gasteiger partial charge in [-0.3, -0.25) is 4.68 Å². The minimum atomic E-state index is 0.587. The first kappa shape index (κ1) is 10.7. The summed E-state index contributed by atoms with van der Waals surface area (Å²) < 4.78 is 1.96. The molecule has 1 aromatic heterocycles. The number of nitrogens with zero attached hydrogens (tertiary/aromatic N) is 2. The zero-order valence-corrected chi connectivity index (χ0v) is 10.2. The van der Waals surface area contributed by atoms with Crippen molar-refractivity contribution in [2.24, 2.45) is 12.5 Å². The molecule has 2 rings (SSSR count). The van der Waals surface area contributed by atoms with Crippen LogP contribution < -0.4 is 5.32 Å². The second-order valence-corrected chi connectivity index (χ2v) is 5.19. The Labute approximate surface area is 91.9 Å². The van der Waals surface area contributed by atoms with E-state index in [-0.39, 0.29) is 0 Å². The van der Waals surface area contributed by atoms with Crippen LogP contribution in [-0.2, 0) is 13.6 Å². The van der Waals surface area contributed by atoms with Crippen molar-refractivity contribution in [2.75, 3.05) is 6.54 Å². The highest BCUT2D eigenvalue weighted by molar-refractivity contribution is 5.24. The van der Waals surface area contributed by atoms with Gasteiger partial charge in [0.15, 0.2) is 0 Å². The van der Waals surface area contributed by atoms with Crippen LogP contribution in [0.15, 0.2) is 0 Å². The lowest BCUT2D eigenvalue weighted by atomic mass is 10.1. The van der Waals surface area contributed by atoms with Gasteiger partial charge >= 0.3 is 0 Å². The summed E-state index contributed by atoms with van der Waals surface area (Å²) >= 11 is 0. The molecule has 0 unspecified atom stereocenters. The zero-order chi connectivity index (χ0) is 11.1. The van der Waals surface area contributed by atoms with Crippen LogP contribution in [-0.4, -0.2) is 16.3 Å². The van der Waals surface area contributed by atoms with Crippen LogP contribution in [0, 0.1) is 19.3 Å². The fourth-order valence-corrected chi connectivity index (χ4v) is 1.95. The van der Waals surface area contributed by atoms with Crippen molar-refractivity contribution in [1.82, 2.24) is 15.1 Å². The average molecular weight is 207 g/mol. The van der Waals surface area contributed by atoms with E-state index in [0.29, 0.717) is 5.41 Å². The summed E-state index contributed by atoms with van der Waals surface area (Å²) in [7, 11) is 2.01. The largest absolute Gasteiger partial charge is 0.312 e. The smallest absolute Gasteiger partial charge is 0.0641 e. The number of nitrogens with one attached hydrogen (secondary N) is 1. The molecule has 1 N–H and O–H groups in total. The van der Waals surface area contributed by atoms with Crippen molar-refractivity contribution >= 4 is 0 Å². The third-order valence-electron chi connectivity index (χ3n) is 3.62. The molecule has 0 amide bonds. The van der Waals surface area contributed by atoms with E-state index in [1.807, 2.05) is 11.7 Å². The summed E-state index contributed by atoms with van der Waals surface area (Å²) in [5.41, 5.74) is 4.38. The standard InChI is InChI=1S/C12H21N3/c1-9-11(10(2)15(4)14-9)7-13-8-12(3)5-6-12/h13H,5-8H2,1-4H3. The van der Waals surface area contributed by atoms with E-state index in [9.17, 15) is 0 Å². The van der Waals surface area contributed by atoms with Crippen molar-refractivity contribution < 1.29 is 0 Å². The maximum absolute atomic E-state index is 4.42. The van der Waals surface area contributed by atoms with Gasteiger partial charge in [0.05, 0.1) is 5.69 Å². The molecule has 1 fully saturated rings. The molecule has 1 saturated carbocycles. The number of aryl methyl sites for hydroxylation is 2. The summed E-state index contributed by atoms with van der Waals surface area (Å²) in [6.07, 6.45) is 2.76. The van der Waals surface area contributed by atoms with Crippen molar-refractivity contribution in [3.05, 3.63) is 17.0 Å². The molecule has 1 heterocycles. The number of hydrogen-bond donors (Lipinski definition) is 1. The molecule has 84 valence electrons. The van der Waals surface area contributed by atoms with Gasteiger partial charge in [-0.1, -0.05) is 6.92 Å². The maximum Gasteiger partial charge on any atom is 0.0641 e. The van der Waals surface area contributed by atoms with Gasteiger partial charge in [0, 0.05) is 31.4 Å². The average Bonchev–Trinajstić information content (AvgIpc) is 2.84. The summed E-state index contributed by atoms with van der Waals surface area (Å²) in [6, 6.07) is 0. The van der Waals surface area contributed by atoms with Crippen LogP contribution in [0.2, 0.25) is 0 Å². The molecular weight excluding hydrogens is 186 g/mol. The summed E-state index contributed by atoms with van der Waals surface area (Å²) in [5.74, 6) is 0. The topological polar surface area (TPSA) is 29.9 Å². The lowest BCUT2D eigenvalue weighted by molar-refractivity contribution is 0.498. The maximum atomic E-state index is 4.42. The van der Waals surface area contributed by atoms with Crippen LogP contribution in [0.25, 0.3) is 0 Å². The Balaban J connectivity index is 1.92. The van der Waals surface area contributed by atoms with Gasteiger partial charge in [-0.05, 0) is 32.1 Å². The lowest BCUT2D eigenvalue weighted by Gasteiger charge is -2.10. The van der Waals surface area contributed by atoms with E-state index in [1.165, 1.54) is 24.1 Å². The van der Waals surface area contributed by atoms with Gasteiger partial charge in [-0.2, -0.15) is 5.10 Å². The molecule has 1 aliphatic rings. The van der Waals surface area contributed by atoms with Gasteiger partial charge in [0.25, 0.3) is 0 Å². The molecule has 1 aliphatic carbocycles. The second kappa shape index (κ2) is 3.63. The van der Waals surface area contributed by atoms with E-state index in [0.717, 1.165) is 18.8 Å². The van der Waals surface area contributed by atoms with E-state index in [1.54, 1.807) is 0 Å². The molecule has 0 bridgehead atoms. The lowest BCUT2D eigenvalue weighted by Crippen LogP contribution is -2.22. The van der Waals surface area contributed by atoms with Crippen LogP contribution in [0.5, 0.6) is 0 Å². The molecule has 15 heavy (non-hydrogen) atoms.